The highest BCUT2D eigenvalue weighted by Gasteiger charge is 2.31. The van der Waals surface area contributed by atoms with Crippen molar-refractivity contribution in [1.29, 1.82) is 0 Å². The number of aromatic carboxylic acids is 1. The van der Waals surface area contributed by atoms with E-state index in [2.05, 4.69) is 17.2 Å². The highest BCUT2D eigenvalue weighted by Crippen LogP contribution is 2.37. The third-order valence-corrected chi connectivity index (χ3v) is 3.31. The molecule has 0 aliphatic heterocycles. The normalized spacial score (nSPS) is 22.2. The van der Waals surface area contributed by atoms with E-state index < -0.39 is 5.97 Å². The predicted molar refractivity (Wildman–Crippen MR) is 66.3 cm³/mol. The number of nitrogens with zero attached hydrogens (tertiary/aromatic N) is 1. The van der Waals surface area contributed by atoms with Crippen LogP contribution in [0.15, 0.2) is 12.1 Å². The minimum atomic E-state index is -0.898. The fourth-order valence-electron chi connectivity index (χ4n) is 1.90. The van der Waals surface area contributed by atoms with Gasteiger partial charge in [0.1, 0.15) is 5.82 Å². The number of anilines is 1. The van der Waals surface area contributed by atoms with E-state index in [4.69, 9.17) is 5.11 Å². The van der Waals surface area contributed by atoms with Gasteiger partial charge in [0.2, 0.25) is 0 Å². The average Bonchev–Trinajstić information content (AvgIpc) is 3.02. The van der Waals surface area contributed by atoms with Gasteiger partial charge in [-0.2, -0.15) is 0 Å². The highest BCUT2D eigenvalue weighted by atomic mass is 16.4. The standard InChI is InChI=1S/C13H18N2O2/c1-3-11-5-9(13(16)17)6-12(15-11)14-7-10-4-8(10)2/h5-6,8,10H,3-4,7H2,1-2H3,(H,14,15)(H,16,17). The summed E-state index contributed by atoms with van der Waals surface area (Å²) in [5.74, 6) is 1.29. The number of carboxylic acids is 1. The molecule has 17 heavy (non-hydrogen) atoms. The van der Waals surface area contributed by atoms with Gasteiger partial charge in [0.05, 0.1) is 5.56 Å². The maximum Gasteiger partial charge on any atom is 0.335 e. The van der Waals surface area contributed by atoms with Gasteiger partial charge < -0.3 is 10.4 Å². The van der Waals surface area contributed by atoms with Gasteiger partial charge in [0.15, 0.2) is 0 Å². The molecule has 1 aliphatic rings. The van der Waals surface area contributed by atoms with Gasteiger partial charge >= 0.3 is 5.97 Å². The van der Waals surface area contributed by atoms with E-state index >= 15 is 0 Å². The van der Waals surface area contributed by atoms with Crippen LogP contribution < -0.4 is 5.32 Å². The molecule has 1 aromatic heterocycles. The smallest absolute Gasteiger partial charge is 0.335 e. The maximum atomic E-state index is 11.0. The van der Waals surface area contributed by atoms with Gasteiger partial charge in [-0.15, -0.1) is 0 Å². The third kappa shape index (κ3) is 2.96. The fourth-order valence-corrected chi connectivity index (χ4v) is 1.90. The molecule has 0 saturated heterocycles. The monoisotopic (exact) mass is 234 g/mol. The summed E-state index contributed by atoms with van der Waals surface area (Å²) in [7, 11) is 0. The lowest BCUT2D eigenvalue weighted by molar-refractivity contribution is 0.0696. The lowest BCUT2D eigenvalue weighted by atomic mass is 10.2. The second-order valence-electron chi connectivity index (χ2n) is 4.75. The Hall–Kier alpha value is -1.58. The number of carboxylic acid groups (broad SMARTS) is 1. The number of hydrogen-bond acceptors (Lipinski definition) is 3. The molecular weight excluding hydrogens is 216 g/mol. The van der Waals surface area contributed by atoms with Gasteiger partial charge in [0, 0.05) is 12.2 Å². The number of aryl methyl sites for hydroxylation is 1. The molecular formula is C13H18N2O2. The Bertz CT molecular complexity index is 431. The van der Waals surface area contributed by atoms with Crippen molar-refractivity contribution in [2.24, 2.45) is 11.8 Å². The summed E-state index contributed by atoms with van der Waals surface area (Å²) in [6.45, 7) is 5.09. The van der Waals surface area contributed by atoms with Crippen LogP contribution in [0.3, 0.4) is 0 Å². The summed E-state index contributed by atoms with van der Waals surface area (Å²) < 4.78 is 0. The number of hydrogen-bond donors (Lipinski definition) is 2. The first kappa shape index (κ1) is 11.9. The number of carbonyl (C=O) groups is 1. The van der Waals surface area contributed by atoms with Crippen LogP contribution in [0.1, 0.15) is 36.3 Å². The quantitative estimate of drug-likeness (QED) is 0.821. The highest BCUT2D eigenvalue weighted by molar-refractivity contribution is 5.88. The van der Waals surface area contributed by atoms with Gasteiger partial charge in [-0.25, -0.2) is 9.78 Å². The van der Waals surface area contributed by atoms with Crippen molar-refractivity contribution in [3.05, 3.63) is 23.4 Å². The average molecular weight is 234 g/mol. The van der Waals surface area contributed by atoms with E-state index in [9.17, 15) is 4.79 Å². The minimum absolute atomic E-state index is 0.309. The number of aromatic nitrogens is 1. The molecule has 4 nitrogen and oxygen atoms in total. The topological polar surface area (TPSA) is 62.2 Å². The molecule has 0 aromatic carbocycles. The number of rotatable bonds is 5. The van der Waals surface area contributed by atoms with E-state index in [1.807, 2.05) is 6.92 Å². The predicted octanol–water partition coefficient (Wildman–Crippen LogP) is 2.41. The Morgan fingerprint density at radius 1 is 1.59 bits per heavy atom. The largest absolute Gasteiger partial charge is 0.478 e. The molecule has 0 bridgehead atoms. The number of nitrogens with one attached hydrogen (secondary N) is 1. The second kappa shape index (κ2) is 4.73. The molecule has 92 valence electrons. The van der Waals surface area contributed by atoms with Crippen molar-refractivity contribution in [3.63, 3.8) is 0 Å². The molecule has 1 heterocycles. The molecule has 0 radical (unpaired) electrons. The first-order chi connectivity index (χ1) is 8.10. The van der Waals surface area contributed by atoms with Crippen molar-refractivity contribution in [2.75, 3.05) is 11.9 Å². The van der Waals surface area contributed by atoms with Gasteiger partial charge in [0.25, 0.3) is 0 Å². The SMILES string of the molecule is CCc1cc(C(=O)O)cc(NCC2CC2C)n1. The summed E-state index contributed by atoms with van der Waals surface area (Å²) in [6.07, 6.45) is 2.00. The van der Waals surface area contributed by atoms with Crippen LogP contribution in [0.4, 0.5) is 5.82 Å². The Kier molecular flexibility index (Phi) is 3.31. The van der Waals surface area contributed by atoms with Crippen LogP contribution in [0.2, 0.25) is 0 Å². The summed E-state index contributed by atoms with van der Waals surface area (Å²) in [5, 5.41) is 12.2. The second-order valence-corrected chi connectivity index (χ2v) is 4.75. The maximum absolute atomic E-state index is 11.0. The van der Waals surface area contributed by atoms with Crippen LogP contribution in [0.25, 0.3) is 0 Å². The van der Waals surface area contributed by atoms with Crippen molar-refractivity contribution < 1.29 is 9.90 Å². The van der Waals surface area contributed by atoms with Crippen LogP contribution in [-0.2, 0) is 6.42 Å². The zero-order valence-electron chi connectivity index (χ0n) is 10.2. The Balaban J connectivity index is 2.09. The molecule has 1 aromatic rings. The van der Waals surface area contributed by atoms with Gasteiger partial charge in [-0.05, 0) is 36.8 Å². The molecule has 2 N–H and O–H groups in total. The van der Waals surface area contributed by atoms with E-state index in [1.54, 1.807) is 12.1 Å². The Morgan fingerprint density at radius 3 is 2.82 bits per heavy atom. The van der Waals surface area contributed by atoms with Crippen molar-refractivity contribution >= 4 is 11.8 Å². The Labute approximate surface area is 101 Å². The molecule has 1 saturated carbocycles. The Morgan fingerprint density at radius 2 is 2.29 bits per heavy atom. The summed E-state index contributed by atoms with van der Waals surface area (Å²) >= 11 is 0. The molecule has 2 rings (SSSR count). The minimum Gasteiger partial charge on any atom is -0.478 e. The molecule has 1 aliphatic carbocycles. The van der Waals surface area contributed by atoms with Crippen LogP contribution >= 0.6 is 0 Å². The zero-order valence-corrected chi connectivity index (χ0v) is 10.2. The van der Waals surface area contributed by atoms with Crippen molar-refractivity contribution in [2.45, 2.75) is 26.7 Å². The summed E-state index contributed by atoms with van der Waals surface area (Å²) in [5.41, 5.74) is 1.12. The van der Waals surface area contributed by atoms with E-state index in [-0.39, 0.29) is 0 Å². The van der Waals surface area contributed by atoms with Crippen molar-refractivity contribution in [1.82, 2.24) is 4.98 Å². The molecule has 2 unspecified atom stereocenters. The molecule has 4 heteroatoms. The van der Waals surface area contributed by atoms with Crippen LogP contribution in [-0.4, -0.2) is 22.6 Å². The van der Waals surface area contributed by atoms with Gasteiger partial charge in [-0.1, -0.05) is 13.8 Å². The van der Waals surface area contributed by atoms with Crippen molar-refractivity contribution in [3.8, 4) is 0 Å². The molecule has 2 atom stereocenters. The number of pyridine rings is 1. The van der Waals surface area contributed by atoms with E-state index in [0.29, 0.717) is 11.4 Å². The molecule has 1 fully saturated rings. The van der Waals surface area contributed by atoms with E-state index in [1.165, 1.54) is 6.42 Å². The van der Waals surface area contributed by atoms with Crippen LogP contribution in [0, 0.1) is 11.8 Å². The summed E-state index contributed by atoms with van der Waals surface area (Å²) in [4.78, 5) is 15.4. The lowest BCUT2D eigenvalue weighted by Crippen LogP contribution is -2.09. The first-order valence-corrected chi connectivity index (χ1v) is 6.08. The lowest BCUT2D eigenvalue weighted by Gasteiger charge is -2.08. The summed E-state index contributed by atoms with van der Waals surface area (Å²) in [6, 6.07) is 3.24. The first-order valence-electron chi connectivity index (χ1n) is 6.08. The van der Waals surface area contributed by atoms with Gasteiger partial charge in [-0.3, -0.25) is 0 Å². The molecule has 0 amide bonds. The van der Waals surface area contributed by atoms with E-state index in [0.717, 1.165) is 30.5 Å². The zero-order chi connectivity index (χ0) is 12.4. The van der Waals surface area contributed by atoms with Crippen LogP contribution in [0.5, 0.6) is 0 Å². The third-order valence-electron chi connectivity index (χ3n) is 3.31. The molecule has 0 spiro atoms. The fraction of sp³-hybridized carbons (Fsp3) is 0.538.